The number of benzene rings is 1. The molecule has 0 radical (unpaired) electrons. The lowest BCUT2D eigenvalue weighted by Crippen LogP contribution is -2.03. The van der Waals surface area contributed by atoms with Crippen LogP contribution in [-0.4, -0.2) is 11.6 Å². The number of ether oxygens (including phenoxy) is 1. The summed E-state index contributed by atoms with van der Waals surface area (Å²) in [5.41, 5.74) is 0.837. The number of nitrogens with zero attached hydrogens (tertiary/aromatic N) is 1. The second-order valence-corrected chi connectivity index (χ2v) is 4.74. The van der Waals surface area contributed by atoms with E-state index >= 15 is 0 Å². The van der Waals surface area contributed by atoms with Gasteiger partial charge >= 0.3 is 0 Å². The lowest BCUT2D eigenvalue weighted by Gasteiger charge is -2.09. The first kappa shape index (κ1) is 13.8. The summed E-state index contributed by atoms with van der Waals surface area (Å²) in [5, 5.41) is 3.14. The Morgan fingerprint density at radius 2 is 2.16 bits per heavy atom. The molecule has 0 aliphatic heterocycles. The Kier molecular flexibility index (Phi) is 4.74. The van der Waals surface area contributed by atoms with Crippen molar-refractivity contribution in [3.8, 4) is 5.88 Å². The Labute approximate surface area is 119 Å². The van der Waals surface area contributed by atoms with Crippen molar-refractivity contribution in [2.24, 2.45) is 0 Å². The van der Waals surface area contributed by atoms with Gasteiger partial charge in [0.25, 0.3) is 0 Å². The number of aromatic nitrogens is 1. The normalized spacial score (nSPS) is 10.3. The van der Waals surface area contributed by atoms with E-state index in [-0.39, 0.29) is 5.82 Å². The Morgan fingerprint density at radius 1 is 1.32 bits per heavy atom. The first-order chi connectivity index (χ1) is 9.19. The second kappa shape index (κ2) is 6.52. The van der Waals surface area contributed by atoms with Gasteiger partial charge in [-0.25, -0.2) is 4.39 Å². The number of anilines is 1. The van der Waals surface area contributed by atoms with Crippen LogP contribution in [0.15, 0.2) is 40.9 Å². The van der Waals surface area contributed by atoms with Gasteiger partial charge in [-0.1, -0.05) is 22.0 Å². The van der Waals surface area contributed by atoms with Gasteiger partial charge in [-0.15, -0.1) is 0 Å². The van der Waals surface area contributed by atoms with E-state index in [1.807, 2.05) is 19.1 Å². The molecule has 100 valence electrons. The minimum absolute atomic E-state index is 0.254. The minimum Gasteiger partial charge on any atom is -0.478 e. The zero-order valence-corrected chi connectivity index (χ0v) is 12.1. The molecule has 5 heteroatoms. The lowest BCUT2D eigenvalue weighted by molar-refractivity contribution is 0.327. The quantitative estimate of drug-likeness (QED) is 0.902. The standard InChI is InChI=1S/C14H14BrFN2O/c1-2-19-14-5-3-4-13(18-14)17-9-10-8-11(16)6-7-12(10)15/h3-8H,2,9H2,1H3,(H,17,18). The summed E-state index contributed by atoms with van der Waals surface area (Å²) in [6.45, 7) is 2.97. The van der Waals surface area contributed by atoms with Crippen LogP contribution < -0.4 is 10.1 Å². The molecular weight excluding hydrogens is 311 g/mol. The Morgan fingerprint density at radius 3 is 2.95 bits per heavy atom. The lowest BCUT2D eigenvalue weighted by atomic mass is 10.2. The predicted molar refractivity (Wildman–Crippen MR) is 76.8 cm³/mol. The summed E-state index contributed by atoms with van der Waals surface area (Å²) in [6, 6.07) is 10.1. The molecule has 0 spiro atoms. The number of hydrogen-bond acceptors (Lipinski definition) is 3. The van der Waals surface area contributed by atoms with Crippen molar-refractivity contribution in [3.63, 3.8) is 0 Å². The molecule has 0 aliphatic carbocycles. The molecule has 1 aromatic carbocycles. The van der Waals surface area contributed by atoms with Crippen LogP contribution in [-0.2, 0) is 6.54 Å². The van der Waals surface area contributed by atoms with Crippen molar-refractivity contribution in [1.29, 1.82) is 0 Å². The van der Waals surface area contributed by atoms with E-state index in [9.17, 15) is 4.39 Å². The van der Waals surface area contributed by atoms with Gasteiger partial charge in [-0.3, -0.25) is 0 Å². The molecule has 3 nitrogen and oxygen atoms in total. The molecule has 2 rings (SSSR count). The topological polar surface area (TPSA) is 34.1 Å². The van der Waals surface area contributed by atoms with Crippen molar-refractivity contribution in [2.75, 3.05) is 11.9 Å². The van der Waals surface area contributed by atoms with Crippen LogP contribution in [0.4, 0.5) is 10.2 Å². The highest BCUT2D eigenvalue weighted by Crippen LogP contribution is 2.19. The van der Waals surface area contributed by atoms with E-state index in [1.165, 1.54) is 12.1 Å². The number of hydrogen-bond donors (Lipinski definition) is 1. The van der Waals surface area contributed by atoms with Crippen molar-refractivity contribution in [2.45, 2.75) is 13.5 Å². The van der Waals surface area contributed by atoms with E-state index in [0.29, 0.717) is 24.8 Å². The number of nitrogens with one attached hydrogen (secondary N) is 1. The minimum atomic E-state index is -0.254. The van der Waals surface area contributed by atoms with Crippen LogP contribution in [0.25, 0.3) is 0 Å². The highest BCUT2D eigenvalue weighted by molar-refractivity contribution is 9.10. The molecule has 0 saturated heterocycles. The van der Waals surface area contributed by atoms with E-state index in [1.54, 1.807) is 12.1 Å². The van der Waals surface area contributed by atoms with Crippen LogP contribution in [0, 0.1) is 5.82 Å². The zero-order valence-electron chi connectivity index (χ0n) is 10.5. The Hall–Kier alpha value is -1.62. The Bertz CT molecular complexity index is 563. The summed E-state index contributed by atoms with van der Waals surface area (Å²) in [7, 11) is 0. The van der Waals surface area contributed by atoms with Crippen LogP contribution in [0.2, 0.25) is 0 Å². The number of halogens is 2. The molecule has 2 aromatic rings. The van der Waals surface area contributed by atoms with E-state index in [2.05, 4.69) is 26.2 Å². The molecule has 19 heavy (non-hydrogen) atoms. The molecule has 0 amide bonds. The molecule has 1 aromatic heterocycles. The molecular formula is C14H14BrFN2O. The first-order valence-electron chi connectivity index (χ1n) is 5.96. The summed E-state index contributed by atoms with van der Waals surface area (Å²) >= 11 is 3.39. The van der Waals surface area contributed by atoms with Crippen molar-refractivity contribution < 1.29 is 9.13 Å². The number of pyridine rings is 1. The smallest absolute Gasteiger partial charge is 0.215 e. The van der Waals surface area contributed by atoms with Crippen LogP contribution in [0.1, 0.15) is 12.5 Å². The predicted octanol–water partition coefficient (Wildman–Crippen LogP) is 3.99. The van der Waals surface area contributed by atoms with Crippen LogP contribution >= 0.6 is 15.9 Å². The maximum Gasteiger partial charge on any atom is 0.215 e. The summed E-state index contributed by atoms with van der Waals surface area (Å²) in [6.07, 6.45) is 0. The molecule has 0 bridgehead atoms. The highest BCUT2D eigenvalue weighted by atomic mass is 79.9. The molecule has 1 N–H and O–H groups in total. The molecule has 0 atom stereocenters. The summed E-state index contributed by atoms with van der Waals surface area (Å²) in [5.74, 6) is 1.02. The fourth-order valence-corrected chi connectivity index (χ4v) is 1.99. The van der Waals surface area contributed by atoms with Crippen molar-refractivity contribution in [1.82, 2.24) is 4.98 Å². The average molecular weight is 325 g/mol. The maximum atomic E-state index is 13.2. The zero-order chi connectivity index (χ0) is 13.7. The van der Waals surface area contributed by atoms with E-state index in [0.717, 1.165) is 10.0 Å². The third-order valence-electron chi connectivity index (χ3n) is 2.48. The van der Waals surface area contributed by atoms with Crippen molar-refractivity contribution in [3.05, 3.63) is 52.3 Å². The van der Waals surface area contributed by atoms with E-state index in [4.69, 9.17) is 4.74 Å². The second-order valence-electron chi connectivity index (χ2n) is 3.88. The molecule has 0 saturated carbocycles. The molecule has 0 aliphatic rings. The third kappa shape index (κ3) is 3.92. The Balaban J connectivity index is 2.05. The van der Waals surface area contributed by atoms with Crippen molar-refractivity contribution >= 4 is 21.7 Å². The molecule has 0 fully saturated rings. The van der Waals surface area contributed by atoms with Gasteiger partial charge in [0.05, 0.1) is 6.61 Å². The third-order valence-corrected chi connectivity index (χ3v) is 3.26. The van der Waals surface area contributed by atoms with Gasteiger partial charge in [-0.2, -0.15) is 4.98 Å². The van der Waals surface area contributed by atoms with Crippen LogP contribution in [0.5, 0.6) is 5.88 Å². The number of rotatable bonds is 5. The monoisotopic (exact) mass is 324 g/mol. The summed E-state index contributed by atoms with van der Waals surface area (Å²) < 4.78 is 19.3. The average Bonchev–Trinajstić information content (AvgIpc) is 2.41. The fraction of sp³-hybridized carbons (Fsp3) is 0.214. The maximum absolute atomic E-state index is 13.2. The van der Waals surface area contributed by atoms with Gasteiger partial charge in [0.1, 0.15) is 11.6 Å². The largest absolute Gasteiger partial charge is 0.478 e. The molecule has 0 unspecified atom stereocenters. The van der Waals surface area contributed by atoms with Gasteiger partial charge in [-0.05, 0) is 36.8 Å². The van der Waals surface area contributed by atoms with Gasteiger partial charge in [0, 0.05) is 17.1 Å². The SMILES string of the molecule is CCOc1cccc(NCc2cc(F)ccc2Br)n1. The molecule has 1 heterocycles. The van der Waals surface area contributed by atoms with Crippen LogP contribution in [0.3, 0.4) is 0 Å². The fourth-order valence-electron chi connectivity index (χ4n) is 1.61. The summed E-state index contributed by atoms with van der Waals surface area (Å²) in [4.78, 5) is 4.29. The van der Waals surface area contributed by atoms with Gasteiger partial charge in [0.15, 0.2) is 0 Å². The van der Waals surface area contributed by atoms with E-state index < -0.39 is 0 Å². The highest BCUT2D eigenvalue weighted by Gasteiger charge is 2.03. The van der Waals surface area contributed by atoms with Gasteiger partial charge < -0.3 is 10.1 Å². The van der Waals surface area contributed by atoms with Gasteiger partial charge in [0.2, 0.25) is 5.88 Å². The first-order valence-corrected chi connectivity index (χ1v) is 6.76.